The lowest BCUT2D eigenvalue weighted by atomic mass is 10.2. The molecule has 0 saturated heterocycles. The van der Waals surface area contributed by atoms with Crippen LogP contribution in [0.3, 0.4) is 0 Å². The highest BCUT2D eigenvalue weighted by Gasteiger charge is 2.05. The van der Waals surface area contributed by atoms with Gasteiger partial charge in [0.15, 0.2) is 0 Å². The Labute approximate surface area is 108 Å². The number of H-pyrrole nitrogens is 2. The van der Waals surface area contributed by atoms with Crippen LogP contribution in [-0.2, 0) is 6.54 Å². The maximum atomic E-state index is 13.0. The van der Waals surface area contributed by atoms with Crippen molar-refractivity contribution in [1.29, 1.82) is 0 Å². The Morgan fingerprint density at radius 3 is 2.89 bits per heavy atom. The molecule has 0 spiro atoms. The van der Waals surface area contributed by atoms with Gasteiger partial charge < -0.3 is 5.32 Å². The summed E-state index contributed by atoms with van der Waals surface area (Å²) in [5.41, 5.74) is -0.689. The molecule has 0 aliphatic carbocycles. The molecule has 1 heterocycles. The van der Waals surface area contributed by atoms with Crippen molar-refractivity contribution < 1.29 is 4.39 Å². The van der Waals surface area contributed by atoms with Crippen LogP contribution in [-0.4, -0.2) is 15.2 Å². The molecule has 2 rings (SSSR count). The van der Waals surface area contributed by atoms with Crippen molar-refractivity contribution in [2.75, 3.05) is 5.32 Å². The van der Waals surface area contributed by atoms with E-state index >= 15 is 0 Å². The SMILES string of the molecule is O=c1[nH]nc(NCc2cc(F)ccc2Br)c(=O)[nH]1. The highest BCUT2D eigenvalue weighted by Crippen LogP contribution is 2.18. The molecule has 0 amide bonds. The minimum Gasteiger partial charge on any atom is -0.360 e. The number of halogens is 2. The maximum absolute atomic E-state index is 13.0. The highest BCUT2D eigenvalue weighted by atomic mass is 79.9. The van der Waals surface area contributed by atoms with Gasteiger partial charge in [0, 0.05) is 11.0 Å². The predicted molar refractivity (Wildman–Crippen MR) is 66.9 cm³/mol. The molecule has 3 N–H and O–H groups in total. The highest BCUT2D eigenvalue weighted by molar-refractivity contribution is 9.10. The first-order valence-electron chi connectivity index (χ1n) is 4.93. The molecule has 0 unspecified atom stereocenters. The third-order valence-corrected chi connectivity index (χ3v) is 2.94. The number of nitrogens with one attached hydrogen (secondary N) is 3. The molecule has 18 heavy (non-hydrogen) atoms. The molecule has 0 fully saturated rings. The standard InChI is InChI=1S/C10H8BrFN4O2/c11-7-2-1-6(12)3-5(7)4-13-8-9(17)14-10(18)16-15-8/h1-3H,4H2,(H,13,15)(H2,14,16,17,18). The van der Waals surface area contributed by atoms with Crippen molar-refractivity contribution in [3.05, 3.63) is 54.9 Å². The summed E-state index contributed by atoms with van der Waals surface area (Å²) in [6.07, 6.45) is 0. The molecule has 2 aromatic rings. The van der Waals surface area contributed by atoms with Crippen LogP contribution in [0.4, 0.5) is 10.2 Å². The molecule has 0 radical (unpaired) electrons. The number of nitrogens with zero attached hydrogens (tertiary/aromatic N) is 1. The Balaban J connectivity index is 2.19. The van der Waals surface area contributed by atoms with E-state index in [9.17, 15) is 14.0 Å². The van der Waals surface area contributed by atoms with E-state index in [1.54, 1.807) is 6.07 Å². The van der Waals surface area contributed by atoms with Crippen molar-refractivity contribution in [3.8, 4) is 0 Å². The molecule has 0 atom stereocenters. The van der Waals surface area contributed by atoms with E-state index in [1.165, 1.54) is 12.1 Å². The topological polar surface area (TPSA) is 90.6 Å². The Kier molecular flexibility index (Phi) is 3.56. The minimum atomic E-state index is -0.683. The second kappa shape index (κ2) is 5.13. The van der Waals surface area contributed by atoms with Gasteiger partial charge in [-0.3, -0.25) is 9.78 Å². The first-order valence-corrected chi connectivity index (χ1v) is 5.72. The molecule has 6 nitrogen and oxygen atoms in total. The zero-order valence-electron chi connectivity index (χ0n) is 8.96. The normalized spacial score (nSPS) is 10.3. The molecule has 8 heteroatoms. The van der Waals surface area contributed by atoms with Gasteiger partial charge in [0.05, 0.1) is 0 Å². The van der Waals surface area contributed by atoms with Crippen LogP contribution in [0, 0.1) is 5.82 Å². The summed E-state index contributed by atoms with van der Waals surface area (Å²) in [5.74, 6) is -0.413. The lowest BCUT2D eigenvalue weighted by Crippen LogP contribution is -2.26. The third-order valence-electron chi connectivity index (χ3n) is 2.17. The number of hydrogen-bond acceptors (Lipinski definition) is 4. The number of aromatic amines is 2. The number of anilines is 1. The van der Waals surface area contributed by atoms with Gasteiger partial charge in [0.1, 0.15) is 5.82 Å². The van der Waals surface area contributed by atoms with Gasteiger partial charge in [-0.15, -0.1) is 5.10 Å². The van der Waals surface area contributed by atoms with Gasteiger partial charge in [-0.1, -0.05) is 15.9 Å². The van der Waals surface area contributed by atoms with Crippen molar-refractivity contribution in [2.24, 2.45) is 0 Å². The molecule has 94 valence electrons. The molecule has 0 bridgehead atoms. The van der Waals surface area contributed by atoms with Crippen LogP contribution in [0.5, 0.6) is 0 Å². The van der Waals surface area contributed by atoms with E-state index in [-0.39, 0.29) is 18.2 Å². The molecular weight excluding hydrogens is 307 g/mol. The average molecular weight is 315 g/mol. The number of hydrogen-bond donors (Lipinski definition) is 3. The lowest BCUT2D eigenvalue weighted by molar-refractivity contribution is 0.625. The summed E-state index contributed by atoms with van der Waals surface area (Å²) < 4.78 is 13.7. The minimum absolute atomic E-state index is 0.0363. The van der Waals surface area contributed by atoms with Crippen LogP contribution in [0.15, 0.2) is 32.3 Å². The summed E-state index contributed by atoms with van der Waals surface area (Å²) in [5, 5.41) is 8.34. The number of rotatable bonds is 3. The zero-order chi connectivity index (χ0) is 13.1. The Morgan fingerprint density at radius 2 is 2.17 bits per heavy atom. The lowest BCUT2D eigenvalue weighted by Gasteiger charge is -2.06. The van der Waals surface area contributed by atoms with E-state index in [4.69, 9.17) is 0 Å². The number of benzene rings is 1. The van der Waals surface area contributed by atoms with Crippen LogP contribution >= 0.6 is 15.9 Å². The predicted octanol–water partition coefficient (Wildman–Crippen LogP) is 0.972. The van der Waals surface area contributed by atoms with Crippen molar-refractivity contribution in [3.63, 3.8) is 0 Å². The fourth-order valence-electron chi connectivity index (χ4n) is 1.33. The summed E-state index contributed by atoms with van der Waals surface area (Å²) in [6.45, 7) is 0.195. The summed E-state index contributed by atoms with van der Waals surface area (Å²) in [6, 6.07) is 4.21. The van der Waals surface area contributed by atoms with Gasteiger partial charge in [-0.05, 0) is 23.8 Å². The Morgan fingerprint density at radius 1 is 1.39 bits per heavy atom. The first kappa shape index (κ1) is 12.5. The second-order valence-corrected chi connectivity index (χ2v) is 4.30. The largest absolute Gasteiger partial charge is 0.360 e. The fourth-order valence-corrected chi connectivity index (χ4v) is 1.71. The Hall–Kier alpha value is -1.96. The zero-order valence-corrected chi connectivity index (χ0v) is 10.5. The van der Waals surface area contributed by atoms with Crippen molar-refractivity contribution in [2.45, 2.75) is 6.54 Å². The molecular formula is C10H8BrFN4O2. The van der Waals surface area contributed by atoms with Gasteiger partial charge in [-0.2, -0.15) is 0 Å². The summed E-state index contributed by atoms with van der Waals surface area (Å²) in [7, 11) is 0. The maximum Gasteiger partial charge on any atom is 0.342 e. The van der Waals surface area contributed by atoms with Gasteiger partial charge >= 0.3 is 5.69 Å². The quantitative estimate of drug-likeness (QED) is 0.787. The summed E-state index contributed by atoms with van der Waals surface area (Å²) >= 11 is 3.26. The molecule has 1 aromatic heterocycles. The molecule has 0 saturated carbocycles. The van der Waals surface area contributed by atoms with Crippen molar-refractivity contribution >= 4 is 21.7 Å². The smallest absolute Gasteiger partial charge is 0.342 e. The Bertz CT molecular complexity index is 682. The fraction of sp³-hybridized carbons (Fsp3) is 0.100. The summed E-state index contributed by atoms with van der Waals surface area (Å²) in [4.78, 5) is 24.1. The molecule has 0 aliphatic rings. The van der Waals surface area contributed by atoms with Gasteiger partial charge in [0.25, 0.3) is 5.56 Å². The second-order valence-electron chi connectivity index (χ2n) is 3.44. The monoisotopic (exact) mass is 314 g/mol. The molecule has 1 aromatic carbocycles. The van der Waals surface area contributed by atoms with E-state index < -0.39 is 11.2 Å². The van der Waals surface area contributed by atoms with E-state index in [1.807, 2.05) is 4.98 Å². The van der Waals surface area contributed by atoms with Crippen LogP contribution in [0.2, 0.25) is 0 Å². The van der Waals surface area contributed by atoms with E-state index in [2.05, 4.69) is 31.4 Å². The third kappa shape index (κ3) is 2.83. The van der Waals surface area contributed by atoms with Crippen LogP contribution in [0.1, 0.15) is 5.56 Å². The van der Waals surface area contributed by atoms with Crippen molar-refractivity contribution in [1.82, 2.24) is 15.2 Å². The van der Waals surface area contributed by atoms with Crippen LogP contribution in [0.25, 0.3) is 0 Å². The first-order chi connectivity index (χ1) is 8.56. The van der Waals surface area contributed by atoms with E-state index in [0.29, 0.717) is 10.0 Å². The van der Waals surface area contributed by atoms with Crippen LogP contribution < -0.4 is 16.6 Å². The van der Waals surface area contributed by atoms with E-state index in [0.717, 1.165) is 0 Å². The van der Waals surface area contributed by atoms with Gasteiger partial charge in [-0.25, -0.2) is 14.3 Å². The average Bonchev–Trinajstić information content (AvgIpc) is 2.32. The molecule has 0 aliphatic heterocycles. The van der Waals surface area contributed by atoms with Gasteiger partial charge in [0.2, 0.25) is 5.82 Å². The number of aromatic nitrogens is 3.